The predicted molar refractivity (Wildman–Crippen MR) is 77.6 cm³/mol. The Morgan fingerprint density at radius 3 is 2.19 bits per heavy atom. The molecule has 0 aromatic heterocycles. The largest absolute Gasteiger partial charge is 0.508 e. The number of phenolic OH excluding ortho intramolecular Hbond substituents is 3. The van der Waals surface area contributed by atoms with E-state index >= 15 is 0 Å². The Morgan fingerprint density at radius 1 is 0.952 bits per heavy atom. The molecule has 0 heterocycles. The first kappa shape index (κ1) is 14.4. The summed E-state index contributed by atoms with van der Waals surface area (Å²) >= 11 is 0. The summed E-state index contributed by atoms with van der Waals surface area (Å²) in [6.45, 7) is 1.68. The molecule has 0 radical (unpaired) electrons. The standard InChI is InChI=1S/C15H14N2O4/c1-9(10-3-2-4-12(18)5-10)16-17-15(21)11-6-13(19)8-14(20)7-11/h2-8,18-20H,1H3,(H,17,21)/b16-9+. The number of carbonyl (C=O) groups is 1. The highest BCUT2D eigenvalue weighted by atomic mass is 16.3. The third-order valence-electron chi connectivity index (χ3n) is 2.75. The Balaban J connectivity index is 2.14. The monoisotopic (exact) mass is 286 g/mol. The van der Waals surface area contributed by atoms with Crippen LogP contribution in [0.2, 0.25) is 0 Å². The number of carbonyl (C=O) groups excluding carboxylic acids is 1. The molecule has 2 aromatic rings. The average Bonchev–Trinajstić information content (AvgIpc) is 2.43. The number of hydrazone groups is 1. The van der Waals surface area contributed by atoms with Crippen LogP contribution in [0.25, 0.3) is 0 Å². The van der Waals surface area contributed by atoms with Crippen LogP contribution in [0.15, 0.2) is 47.6 Å². The van der Waals surface area contributed by atoms with Gasteiger partial charge in [-0.25, -0.2) is 5.43 Å². The molecule has 0 unspecified atom stereocenters. The molecule has 6 nitrogen and oxygen atoms in total. The van der Waals surface area contributed by atoms with Crippen LogP contribution in [-0.4, -0.2) is 26.9 Å². The average molecular weight is 286 g/mol. The second-order valence-electron chi connectivity index (χ2n) is 4.43. The zero-order valence-corrected chi connectivity index (χ0v) is 11.2. The number of nitrogens with zero attached hydrogens (tertiary/aromatic N) is 1. The molecule has 1 amide bonds. The van der Waals surface area contributed by atoms with Gasteiger partial charge in [0.25, 0.3) is 5.91 Å². The van der Waals surface area contributed by atoms with Crippen molar-refractivity contribution in [1.82, 2.24) is 5.43 Å². The number of hydrogen-bond donors (Lipinski definition) is 4. The van der Waals surface area contributed by atoms with Crippen molar-refractivity contribution in [3.05, 3.63) is 53.6 Å². The summed E-state index contributed by atoms with van der Waals surface area (Å²) in [7, 11) is 0. The van der Waals surface area contributed by atoms with Crippen molar-refractivity contribution in [2.75, 3.05) is 0 Å². The molecular weight excluding hydrogens is 272 g/mol. The molecule has 6 heteroatoms. The Bertz CT molecular complexity index is 690. The van der Waals surface area contributed by atoms with Gasteiger partial charge in [0.05, 0.1) is 5.71 Å². The summed E-state index contributed by atoms with van der Waals surface area (Å²) in [6.07, 6.45) is 0. The normalized spacial score (nSPS) is 11.2. The minimum Gasteiger partial charge on any atom is -0.508 e. The van der Waals surface area contributed by atoms with Gasteiger partial charge in [0.1, 0.15) is 17.2 Å². The summed E-state index contributed by atoms with van der Waals surface area (Å²) in [4.78, 5) is 11.9. The smallest absolute Gasteiger partial charge is 0.271 e. The lowest BCUT2D eigenvalue weighted by Gasteiger charge is -2.04. The Kier molecular flexibility index (Phi) is 4.08. The van der Waals surface area contributed by atoms with E-state index in [4.69, 9.17) is 0 Å². The van der Waals surface area contributed by atoms with Gasteiger partial charge in [0, 0.05) is 17.2 Å². The van der Waals surface area contributed by atoms with Crippen LogP contribution >= 0.6 is 0 Å². The maximum Gasteiger partial charge on any atom is 0.271 e. The van der Waals surface area contributed by atoms with Gasteiger partial charge in [-0.05, 0) is 31.2 Å². The van der Waals surface area contributed by atoms with Gasteiger partial charge < -0.3 is 15.3 Å². The van der Waals surface area contributed by atoms with Gasteiger partial charge in [-0.3, -0.25) is 4.79 Å². The minimum absolute atomic E-state index is 0.0833. The molecule has 21 heavy (non-hydrogen) atoms. The fourth-order valence-electron chi connectivity index (χ4n) is 1.72. The van der Waals surface area contributed by atoms with Crippen LogP contribution in [0.3, 0.4) is 0 Å². The maximum absolute atomic E-state index is 11.9. The zero-order chi connectivity index (χ0) is 15.4. The summed E-state index contributed by atoms with van der Waals surface area (Å²) in [5.74, 6) is -0.894. The third kappa shape index (κ3) is 3.73. The highest BCUT2D eigenvalue weighted by molar-refractivity contribution is 6.01. The van der Waals surface area contributed by atoms with Crippen molar-refractivity contribution in [3.63, 3.8) is 0 Å². The fraction of sp³-hybridized carbons (Fsp3) is 0.0667. The Morgan fingerprint density at radius 2 is 1.57 bits per heavy atom. The van der Waals surface area contributed by atoms with E-state index in [1.54, 1.807) is 19.1 Å². The SMILES string of the molecule is C/C(=N\NC(=O)c1cc(O)cc(O)c1)c1cccc(O)c1. The molecule has 2 aromatic carbocycles. The van der Waals surface area contributed by atoms with Crippen LogP contribution in [0.4, 0.5) is 0 Å². The number of aromatic hydroxyl groups is 3. The molecule has 108 valence electrons. The fourth-order valence-corrected chi connectivity index (χ4v) is 1.72. The van der Waals surface area contributed by atoms with Crippen molar-refractivity contribution >= 4 is 11.6 Å². The number of amides is 1. The first-order chi connectivity index (χ1) is 9.95. The van der Waals surface area contributed by atoms with E-state index < -0.39 is 5.91 Å². The number of rotatable bonds is 3. The van der Waals surface area contributed by atoms with Crippen LogP contribution in [0, 0.1) is 0 Å². The summed E-state index contributed by atoms with van der Waals surface area (Å²) < 4.78 is 0. The maximum atomic E-state index is 11.9. The van der Waals surface area contributed by atoms with Gasteiger partial charge in [0.2, 0.25) is 0 Å². The minimum atomic E-state index is -0.569. The molecule has 0 fully saturated rings. The number of phenols is 3. The molecule has 0 aliphatic rings. The zero-order valence-electron chi connectivity index (χ0n) is 11.2. The van der Waals surface area contributed by atoms with Crippen molar-refractivity contribution < 1.29 is 20.1 Å². The molecule has 2 rings (SSSR count). The van der Waals surface area contributed by atoms with Crippen molar-refractivity contribution in [2.45, 2.75) is 6.92 Å². The number of hydrogen-bond acceptors (Lipinski definition) is 5. The van der Waals surface area contributed by atoms with Gasteiger partial charge in [0.15, 0.2) is 0 Å². The van der Waals surface area contributed by atoms with Gasteiger partial charge in [-0.2, -0.15) is 5.10 Å². The first-order valence-electron chi connectivity index (χ1n) is 6.13. The van der Waals surface area contributed by atoms with E-state index in [9.17, 15) is 20.1 Å². The molecule has 0 saturated carbocycles. The van der Waals surface area contributed by atoms with Crippen molar-refractivity contribution in [2.24, 2.45) is 5.10 Å². The lowest BCUT2D eigenvalue weighted by atomic mass is 10.1. The van der Waals surface area contributed by atoms with E-state index in [1.165, 1.54) is 24.3 Å². The highest BCUT2D eigenvalue weighted by Crippen LogP contribution is 2.20. The van der Waals surface area contributed by atoms with Gasteiger partial charge in [-0.1, -0.05) is 12.1 Å². The van der Waals surface area contributed by atoms with E-state index in [0.29, 0.717) is 11.3 Å². The number of nitrogens with one attached hydrogen (secondary N) is 1. The summed E-state index contributed by atoms with van der Waals surface area (Å²) in [6, 6.07) is 10.0. The predicted octanol–water partition coefficient (Wildman–Crippen LogP) is 1.96. The molecule has 0 bridgehead atoms. The third-order valence-corrected chi connectivity index (χ3v) is 2.75. The lowest BCUT2D eigenvalue weighted by Crippen LogP contribution is -2.19. The van der Waals surface area contributed by atoms with E-state index in [1.807, 2.05) is 0 Å². The van der Waals surface area contributed by atoms with Gasteiger partial charge >= 0.3 is 0 Å². The summed E-state index contributed by atoms with van der Waals surface area (Å²) in [5.41, 5.74) is 3.56. The van der Waals surface area contributed by atoms with Gasteiger partial charge in [-0.15, -0.1) is 0 Å². The second-order valence-corrected chi connectivity index (χ2v) is 4.43. The van der Waals surface area contributed by atoms with Crippen LogP contribution in [0.5, 0.6) is 17.2 Å². The van der Waals surface area contributed by atoms with Crippen molar-refractivity contribution in [3.8, 4) is 17.2 Å². The first-order valence-corrected chi connectivity index (χ1v) is 6.13. The van der Waals surface area contributed by atoms with Crippen molar-refractivity contribution in [1.29, 1.82) is 0 Å². The highest BCUT2D eigenvalue weighted by Gasteiger charge is 2.08. The quantitative estimate of drug-likeness (QED) is 0.511. The summed E-state index contributed by atoms with van der Waals surface area (Å²) in [5, 5.41) is 31.9. The van der Waals surface area contributed by atoms with E-state index in [-0.39, 0.29) is 22.8 Å². The van der Waals surface area contributed by atoms with Crippen LogP contribution in [0.1, 0.15) is 22.8 Å². The molecule has 0 aliphatic heterocycles. The topological polar surface area (TPSA) is 102 Å². The van der Waals surface area contributed by atoms with E-state index in [0.717, 1.165) is 6.07 Å². The molecule has 0 saturated heterocycles. The van der Waals surface area contributed by atoms with Crippen LogP contribution in [-0.2, 0) is 0 Å². The molecule has 0 spiro atoms. The molecular formula is C15H14N2O4. The molecule has 0 aliphatic carbocycles. The van der Waals surface area contributed by atoms with E-state index in [2.05, 4.69) is 10.5 Å². The second kappa shape index (κ2) is 5.96. The van der Waals surface area contributed by atoms with Crippen LogP contribution < -0.4 is 5.43 Å². The molecule has 4 N–H and O–H groups in total. The lowest BCUT2D eigenvalue weighted by molar-refractivity contribution is 0.0954. The Hall–Kier alpha value is -3.02. The Labute approximate surface area is 121 Å². The number of benzene rings is 2. The molecule has 0 atom stereocenters.